The quantitative estimate of drug-likeness (QED) is 0.795. The van der Waals surface area contributed by atoms with Crippen molar-refractivity contribution >= 4 is 16.0 Å². The van der Waals surface area contributed by atoms with Crippen LogP contribution in [0.25, 0.3) is 0 Å². The second-order valence-electron chi connectivity index (χ2n) is 5.75. The molecule has 128 valence electrons. The fraction of sp³-hybridized carbons (Fsp3) is 0.294. The number of benzene rings is 1. The van der Waals surface area contributed by atoms with Crippen molar-refractivity contribution in [2.24, 2.45) is 0 Å². The molecule has 0 fully saturated rings. The molecule has 1 aromatic carbocycles. The van der Waals surface area contributed by atoms with E-state index in [0.717, 1.165) is 11.1 Å². The number of pyridine rings is 1. The van der Waals surface area contributed by atoms with Crippen molar-refractivity contribution in [1.29, 1.82) is 0 Å². The van der Waals surface area contributed by atoms with Crippen molar-refractivity contribution in [2.45, 2.75) is 32.1 Å². The summed E-state index contributed by atoms with van der Waals surface area (Å²) in [5, 5.41) is 9.30. The normalized spacial score (nSPS) is 12.8. The molecule has 0 saturated heterocycles. The zero-order valence-electron chi connectivity index (χ0n) is 13.6. The number of sulfonamides is 1. The summed E-state index contributed by atoms with van der Waals surface area (Å²) in [5.74, 6) is -1.47. The maximum absolute atomic E-state index is 12.3. The van der Waals surface area contributed by atoms with Gasteiger partial charge in [0.05, 0.1) is 5.75 Å². The second-order valence-corrected chi connectivity index (χ2v) is 7.50. The number of aryl methyl sites for hydroxylation is 2. The lowest BCUT2D eigenvalue weighted by atomic mass is 10.1. The summed E-state index contributed by atoms with van der Waals surface area (Å²) < 4.78 is 26.9. The molecule has 7 heteroatoms. The zero-order chi connectivity index (χ0) is 17.7. The van der Waals surface area contributed by atoms with E-state index in [1.54, 1.807) is 24.3 Å². The molecule has 2 rings (SSSR count). The smallest absolute Gasteiger partial charge is 0.322 e. The number of carboxylic acid groups (broad SMARTS) is 1. The summed E-state index contributed by atoms with van der Waals surface area (Å²) in [7, 11) is -3.78. The molecule has 24 heavy (non-hydrogen) atoms. The highest BCUT2D eigenvalue weighted by Crippen LogP contribution is 2.13. The van der Waals surface area contributed by atoms with Gasteiger partial charge in [-0.1, -0.05) is 18.2 Å². The van der Waals surface area contributed by atoms with E-state index in [9.17, 15) is 18.3 Å². The van der Waals surface area contributed by atoms with E-state index in [1.165, 1.54) is 12.4 Å². The van der Waals surface area contributed by atoms with Gasteiger partial charge in [0, 0.05) is 12.4 Å². The SMILES string of the molecule is Cc1ccc(CS(=O)(=O)NC(Cc2ccncc2)C(=O)O)cc1C. The van der Waals surface area contributed by atoms with Crippen LogP contribution in [0.4, 0.5) is 0 Å². The van der Waals surface area contributed by atoms with Crippen LogP contribution in [0.1, 0.15) is 22.3 Å². The monoisotopic (exact) mass is 348 g/mol. The fourth-order valence-corrected chi connectivity index (χ4v) is 3.62. The molecule has 1 atom stereocenters. The molecule has 0 aliphatic rings. The van der Waals surface area contributed by atoms with Crippen LogP contribution in [0.3, 0.4) is 0 Å². The second kappa shape index (κ2) is 7.55. The van der Waals surface area contributed by atoms with E-state index in [-0.39, 0.29) is 12.2 Å². The van der Waals surface area contributed by atoms with Gasteiger partial charge in [-0.05, 0) is 54.7 Å². The van der Waals surface area contributed by atoms with E-state index in [2.05, 4.69) is 9.71 Å². The Bertz CT molecular complexity index is 820. The molecule has 6 nitrogen and oxygen atoms in total. The van der Waals surface area contributed by atoms with Crippen molar-refractivity contribution in [2.75, 3.05) is 0 Å². The molecule has 0 bridgehead atoms. The van der Waals surface area contributed by atoms with Gasteiger partial charge in [-0.15, -0.1) is 0 Å². The van der Waals surface area contributed by atoms with Gasteiger partial charge < -0.3 is 5.11 Å². The first-order valence-electron chi connectivity index (χ1n) is 7.45. The van der Waals surface area contributed by atoms with E-state index in [0.29, 0.717) is 11.1 Å². The molecule has 2 aromatic rings. The van der Waals surface area contributed by atoms with Crippen molar-refractivity contribution in [3.8, 4) is 0 Å². The van der Waals surface area contributed by atoms with Gasteiger partial charge in [0.1, 0.15) is 6.04 Å². The minimum Gasteiger partial charge on any atom is -0.480 e. The van der Waals surface area contributed by atoms with Gasteiger partial charge in [-0.25, -0.2) is 13.1 Å². The summed E-state index contributed by atoms with van der Waals surface area (Å²) in [6.07, 6.45) is 3.14. The third-order valence-corrected chi connectivity index (χ3v) is 5.09. The first-order chi connectivity index (χ1) is 11.3. The van der Waals surface area contributed by atoms with Crippen LogP contribution in [-0.4, -0.2) is 30.5 Å². The maximum Gasteiger partial charge on any atom is 0.322 e. The Labute approximate surface area is 141 Å². The van der Waals surface area contributed by atoms with Crippen LogP contribution in [0.15, 0.2) is 42.7 Å². The molecule has 2 N–H and O–H groups in total. The Morgan fingerprint density at radius 1 is 1.12 bits per heavy atom. The zero-order valence-corrected chi connectivity index (χ0v) is 14.4. The number of hydrogen-bond acceptors (Lipinski definition) is 4. The fourth-order valence-electron chi connectivity index (χ4n) is 2.31. The number of aliphatic carboxylic acids is 1. The summed E-state index contributed by atoms with van der Waals surface area (Å²) in [6, 6.07) is 7.49. The Morgan fingerprint density at radius 3 is 2.38 bits per heavy atom. The van der Waals surface area contributed by atoms with Gasteiger partial charge in [0.15, 0.2) is 0 Å². The lowest BCUT2D eigenvalue weighted by molar-refractivity contribution is -0.138. The Morgan fingerprint density at radius 2 is 1.79 bits per heavy atom. The van der Waals surface area contributed by atoms with Crippen LogP contribution in [0.2, 0.25) is 0 Å². The molecule has 0 radical (unpaired) electrons. The molecule has 0 amide bonds. The number of carboxylic acids is 1. The van der Waals surface area contributed by atoms with E-state index < -0.39 is 22.0 Å². The molecule has 1 aromatic heterocycles. The minimum absolute atomic E-state index is 0.0595. The maximum atomic E-state index is 12.3. The molecule has 0 aliphatic heterocycles. The largest absolute Gasteiger partial charge is 0.480 e. The van der Waals surface area contributed by atoms with Crippen LogP contribution in [0, 0.1) is 13.8 Å². The van der Waals surface area contributed by atoms with E-state index in [1.807, 2.05) is 19.9 Å². The molecule has 0 spiro atoms. The molecule has 0 saturated carbocycles. The average molecular weight is 348 g/mol. The van der Waals surface area contributed by atoms with Crippen molar-refractivity contribution in [3.63, 3.8) is 0 Å². The van der Waals surface area contributed by atoms with Crippen LogP contribution < -0.4 is 4.72 Å². The van der Waals surface area contributed by atoms with Crippen LogP contribution in [0.5, 0.6) is 0 Å². The Kier molecular flexibility index (Phi) is 5.69. The number of rotatable bonds is 7. The summed E-state index contributed by atoms with van der Waals surface area (Å²) in [5.41, 5.74) is 3.39. The summed E-state index contributed by atoms with van der Waals surface area (Å²) in [4.78, 5) is 15.2. The average Bonchev–Trinajstić information content (AvgIpc) is 2.51. The van der Waals surface area contributed by atoms with Gasteiger partial charge in [-0.3, -0.25) is 9.78 Å². The molecular formula is C17H20N2O4S. The van der Waals surface area contributed by atoms with Crippen molar-refractivity contribution in [1.82, 2.24) is 9.71 Å². The number of carbonyl (C=O) groups is 1. The van der Waals surface area contributed by atoms with Crippen LogP contribution in [-0.2, 0) is 27.0 Å². The highest BCUT2D eigenvalue weighted by molar-refractivity contribution is 7.88. The standard InChI is InChI=1S/C17H20N2O4S/c1-12-3-4-15(9-13(12)2)11-24(22,23)19-16(17(20)21)10-14-5-7-18-8-6-14/h3-9,16,19H,10-11H2,1-2H3,(H,20,21). The topological polar surface area (TPSA) is 96.4 Å². The number of aromatic nitrogens is 1. The predicted octanol–water partition coefficient (Wildman–Crippen LogP) is 1.81. The third kappa shape index (κ3) is 5.14. The van der Waals surface area contributed by atoms with Crippen molar-refractivity contribution < 1.29 is 18.3 Å². The number of nitrogens with zero attached hydrogens (tertiary/aromatic N) is 1. The highest BCUT2D eigenvalue weighted by atomic mass is 32.2. The predicted molar refractivity (Wildman–Crippen MR) is 91.0 cm³/mol. The lowest BCUT2D eigenvalue weighted by Gasteiger charge is -2.15. The van der Waals surface area contributed by atoms with Gasteiger partial charge in [0.2, 0.25) is 10.0 Å². The summed E-state index contributed by atoms with van der Waals surface area (Å²) in [6.45, 7) is 3.85. The number of hydrogen-bond donors (Lipinski definition) is 2. The minimum atomic E-state index is -3.78. The number of nitrogens with one attached hydrogen (secondary N) is 1. The lowest BCUT2D eigenvalue weighted by Crippen LogP contribution is -2.42. The Balaban J connectivity index is 2.12. The molecule has 1 heterocycles. The molecular weight excluding hydrogens is 328 g/mol. The highest BCUT2D eigenvalue weighted by Gasteiger charge is 2.24. The van der Waals surface area contributed by atoms with Crippen molar-refractivity contribution in [3.05, 3.63) is 65.0 Å². The molecule has 1 unspecified atom stereocenters. The molecule has 0 aliphatic carbocycles. The third-order valence-electron chi connectivity index (χ3n) is 3.74. The van der Waals surface area contributed by atoms with E-state index in [4.69, 9.17) is 0 Å². The van der Waals surface area contributed by atoms with Gasteiger partial charge in [0.25, 0.3) is 0 Å². The first-order valence-corrected chi connectivity index (χ1v) is 9.10. The first kappa shape index (κ1) is 18.1. The Hall–Kier alpha value is -2.25. The van der Waals surface area contributed by atoms with E-state index >= 15 is 0 Å². The van der Waals surface area contributed by atoms with Crippen LogP contribution >= 0.6 is 0 Å². The van der Waals surface area contributed by atoms with Gasteiger partial charge >= 0.3 is 5.97 Å². The van der Waals surface area contributed by atoms with Gasteiger partial charge in [-0.2, -0.15) is 0 Å². The summed E-state index contributed by atoms with van der Waals surface area (Å²) >= 11 is 0.